The van der Waals surface area contributed by atoms with Crippen LogP contribution in [0.5, 0.6) is 0 Å². The van der Waals surface area contributed by atoms with Crippen LogP contribution in [0.25, 0.3) is 11.0 Å². The van der Waals surface area contributed by atoms with Crippen LogP contribution in [0.15, 0.2) is 30.7 Å². The molecular weight excluding hydrogens is 338 g/mol. The summed E-state index contributed by atoms with van der Waals surface area (Å²) in [4.78, 5) is 8.91. The highest BCUT2D eigenvalue weighted by Gasteiger charge is 2.25. The molecule has 1 N–H and O–H groups in total. The molecule has 1 fully saturated rings. The number of benzene rings is 1. The van der Waals surface area contributed by atoms with Crippen molar-refractivity contribution in [1.82, 2.24) is 24.4 Å². The number of fused-ring (bicyclic) bond motifs is 1. The summed E-state index contributed by atoms with van der Waals surface area (Å²) in [6, 6.07) is 6.20. The SMILES string of the molecule is Cn1cncc1C1CC(NCc2nc3ccc(Cl)cc3n2C)CCO1. The Kier molecular flexibility index (Phi) is 4.50. The smallest absolute Gasteiger partial charge is 0.123 e. The summed E-state index contributed by atoms with van der Waals surface area (Å²) in [6.07, 6.45) is 5.75. The molecule has 1 aromatic carbocycles. The first-order chi connectivity index (χ1) is 12.1. The number of aromatic nitrogens is 4. The van der Waals surface area contributed by atoms with E-state index in [4.69, 9.17) is 21.3 Å². The van der Waals surface area contributed by atoms with E-state index in [1.54, 1.807) is 0 Å². The van der Waals surface area contributed by atoms with E-state index in [1.807, 2.05) is 49.4 Å². The maximum atomic E-state index is 6.10. The third-order valence-electron chi connectivity index (χ3n) is 4.95. The van der Waals surface area contributed by atoms with E-state index in [2.05, 4.69) is 14.9 Å². The molecule has 1 aliphatic rings. The second-order valence-corrected chi connectivity index (χ2v) is 7.05. The van der Waals surface area contributed by atoms with Gasteiger partial charge in [-0.15, -0.1) is 0 Å². The number of aryl methyl sites for hydroxylation is 2. The summed E-state index contributed by atoms with van der Waals surface area (Å²) in [5.74, 6) is 1.01. The number of ether oxygens (including phenoxy) is 1. The van der Waals surface area contributed by atoms with E-state index in [9.17, 15) is 0 Å². The van der Waals surface area contributed by atoms with Crippen LogP contribution >= 0.6 is 11.6 Å². The van der Waals surface area contributed by atoms with Gasteiger partial charge in [-0.25, -0.2) is 9.97 Å². The molecule has 0 saturated carbocycles. The lowest BCUT2D eigenvalue weighted by molar-refractivity contribution is -0.00417. The minimum atomic E-state index is 0.0954. The van der Waals surface area contributed by atoms with Crippen molar-refractivity contribution in [1.29, 1.82) is 0 Å². The molecule has 6 nitrogen and oxygen atoms in total. The van der Waals surface area contributed by atoms with Gasteiger partial charge in [-0.05, 0) is 31.0 Å². The van der Waals surface area contributed by atoms with Crippen LogP contribution in [-0.2, 0) is 25.4 Å². The Labute approximate surface area is 151 Å². The van der Waals surface area contributed by atoms with Crippen LogP contribution < -0.4 is 5.32 Å². The standard InChI is InChI=1S/C18H22ClN5O/c1-23-11-20-9-16(23)17-8-13(5-6-25-17)21-10-18-22-14-4-3-12(19)7-15(14)24(18)2/h3-4,7,9,11,13,17,21H,5-6,8,10H2,1-2H3. The van der Waals surface area contributed by atoms with Crippen LogP contribution in [-0.4, -0.2) is 31.8 Å². The Morgan fingerprint density at radius 3 is 3.04 bits per heavy atom. The molecule has 2 atom stereocenters. The average molecular weight is 360 g/mol. The van der Waals surface area contributed by atoms with Crippen molar-refractivity contribution in [2.45, 2.75) is 31.5 Å². The summed E-state index contributed by atoms with van der Waals surface area (Å²) < 4.78 is 10.1. The molecule has 132 valence electrons. The van der Waals surface area contributed by atoms with Crippen molar-refractivity contribution in [3.05, 3.63) is 47.3 Å². The van der Waals surface area contributed by atoms with Gasteiger partial charge in [0.15, 0.2) is 0 Å². The number of hydrogen-bond acceptors (Lipinski definition) is 4. The zero-order valence-corrected chi connectivity index (χ0v) is 15.2. The molecule has 0 radical (unpaired) electrons. The van der Waals surface area contributed by atoms with Gasteiger partial charge in [-0.2, -0.15) is 0 Å². The Morgan fingerprint density at radius 2 is 2.24 bits per heavy atom. The van der Waals surface area contributed by atoms with Crippen LogP contribution in [0, 0.1) is 0 Å². The first-order valence-electron chi connectivity index (χ1n) is 8.54. The molecule has 0 amide bonds. The van der Waals surface area contributed by atoms with E-state index in [0.29, 0.717) is 6.04 Å². The summed E-state index contributed by atoms with van der Waals surface area (Å²) in [5.41, 5.74) is 3.16. The van der Waals surface area contributed by atoms with Crippen LogP contribution in [0.1, 0.15) is 30.5 Å². The fourth-order valence-corrected chi connectivity index (χ4v) is 3.64. The third-order valence-corrected chi connectivity index (χ3v) is 5.19. The molecule has 3 aromatic rings. The van der Waals surface area contributed by atoms with Crippen LogP contribution in [0.4, 0.5) is 0 Å². The topological polar surface area (TPSA) is 56.9 Å². The number of nitrogens with one attached hydrogen (secondary N) is 1. The Morgan fingerprint density at radius 1 is 1.36 bits per heavy atom. The van der Waals surface area contributed by atoms with Crippen LogP contribution in [0.2, 0.25) is 5.02 Å². The maximum Gasteiger partial charge on any atom is 0.123 e. The second-order valence-electron chi connectivity index (χ2n) is 6.61. The largest absolute Gasteiger partial charge is 0.372 e. The van der Waals surface area contributed by atoms with E-state index in [0.717, 1.165) is 53.6 Å². The zero-order valence-electron chi connectivity index (χ0n) is 14.4. The molecule has 2 unspecified atom stereocenters. The predicted molar refractivity (Wildman–Crippen MR) is 97.5 cm³/mol. The fourth-order valence-electron chi connectivity index (χ4n) is 3.47. The molecule has 7 heteroatoms. The number of halogens is 1. The predicted octanol–water partition coefficient (Wildman–Crippen LogP) is 2.97. The van der Waals surface area contributed by atoms with Gasteiger partial charge in [0.05, 0.1) is 35.8 Å². The molecule has 4 rings (SSSR count). The highest BCUT2D eigenvalue weighted by molar-refractivity contribution is 6.31. The zero-order chi connectivity index (χ0) is 17.4. The summed E-state index contributed by atoms with van der Waals surface area (Å²) in [5, 5.41) is 4.37. The molecule has 25 heavy (non-hydrogen) atoms. The van der Waals surface area contributed by atoms with Gasteiger partial charge < -0.3 is 19.2 Å². The van der Waals surface area contributed by atoms with Gasteiger partial charge in [-0.1, -0.05) is 11.6 Å². The normalized spacial score (nSPS) is 21.1. The fraction of sp³-hybridized carbons (Fsp3) is 0.444. The summed E-state index contributed by atoms with van der Waals surface area (Å²) in [6.45, 7) is 1.48. The highest BCUT2D eigenvalue weighted by atomic mass is 35.5. The number of imidazole rings is 2. The van der Waals surface area contributed by atoms with E-state index < -0.39 is 0 Å². The summed E-state index contributed by atoms with van der Waals surface area (Å²) >= 11 is 6.10. The van der Waals surface area contributed by atoms with E-state index in [-0.39, 0.29) is 6.10 Å². The second kappa shape index (κ2) is 6.78. The Hall–Kier alpha value is -1.89. The van der Waals surface area contributed by atoms with Crippen molar-refractivity contribution in [2.24, 2.45) is 14.1 Å². The molecular formula is C18H22ClN5O. The summed E-state index contributed by atoms with van der Waals surface area (Å²) in [7, 11) is 4.04. The molecule has 1 aliphatic heterocycles. The molecule has 0 bridgehead atoms. The quantitative estimate of drug-likeness (QED) is 0.778. The van der Waals surface area contributed by atoms with Crippen LogP contribution in [0.3, 0.4) is 0 Å². The number of hydrogen-bond donors (Lipinski definition) is 1. The van der Waals surface area contributed by atoms with Crippen molar-refractivity contribution in [2.75, 3.05) is 6.61 Å². The maximum absolute atomic E-state index is 6.10. The molecule has 3 heterocycles. The molecule has 0 aliphatic carbocycles. The minimum absolute atomic E-state index is 0.0954. The van der Waals surface area contributed by atoms with Gasteiger partial charge in [0.1, 0.15) is 11.9 Å². The first-order valence-corrected chi connectivity index (χ1v) is 8.91. The lowest BCUT2D eigenvalue weighted by Gasteiger charge is -2.30. The van der Waals surface area contributed by atoms with E-state index >= 15 is 0 Å². The Balaban J connectivity index is 1.44. The van der Waals surface area contributed by atoms with Gasteiger partial charge in [0.25, 0.3) is 0 Å². The van der Waals surface area contributed by atoms with Crippen molar-refractivity contribution < 1.29 is 4.74 Å². The first kappa shape index (κ1) is 16.6. The van der Waals surface area contributed by atoms with E-state index in [1.165, 1.54) is 0 Å². The monoisotopic (exact) mass is 359 g/mol. The molecule has 1 saturated heterocycles. The average Bonchev–Trinajstić information content (AvgIpc) is 3.17. The third kappa shape index (κ3) is 3.29. The van der Waals surface area contributed by atoms with Gasteiger partial charge in [-0.3, -0.25) is 0 Å². The molecule has 2 aromatic heterocycles. The van der Waals surface area contributed by atoms with Crippen molar-refractivity contribution in [3.8, 4) is 0 Å². The van der Waals surface area contributed by atoms with Crippen molar-refractivity contribution in [3.63, 3.8) is 0 Å². The highest BCUT2D eigenvalue weighted by Crippen LogP contribution is 2.28. The van der Waals surface area contributed by atoms with Crippen molar-refractivity contribution >= 4 is 22.6 Å². The number of nitrogens with zero attached hydrogens (tertiary/aromatic N) is 4. The lowest BCUT2D eigenvalue weighted by Crippen LogP contribution is -2.36. The van der Waals surface area contributed by atoms with Gasteiger partial charge >= 0.3 is 0 Å². The number of rotatable bonds is 4. The van der Waals surface area contributed by atoms with Gasteiger partial charge in [0.2, 0.25) is 0 Å². The minimum Gasteiger partial charge on any atom is -0.372 e. The lowest BCUT2D eigenvalue weighted by atomic mass is 10.0. The molecule has 0 spiro atoms. The Bertz CT molecular complexity index is 887. The van der Waals surface area contributed by atoms with Gasteiger partial charge in [0, 0.05) is 31.8 Å².